The lowest BCUT2D eigenvalue weighted by molar-refractivity contribution is 0.182. The van der Waals surface area contributed by atoms with Crippen LogP contribution in [0.5, 0.6) is 5.75 Å². The third-order valence-corrected chi connectivity index (χ3v) is 3.18. The minimum absolute atomic E-state index is 0.162. The van der Waals surface area contributed by atoms with Gasteiger partial charge in [-0.1, -0.05) is 32.9 Å². The lowest BCUT2D eigenvalue weighted by Crippen LogP contribution is -2.36. The van der Waals surface area contributed by atoms with E-state index in [9.17, 15) is 0 Å². The molecule has 17 heavy (non-hydrogen) atoms. The van der Waals surface area contributed by atoms with Crippen molar-refractivity contribution < 1.29 is 4.74 Å². The second kappa shape index (κ2) is 5.54. The maximum absolute atomic E-state index is 5.94. The molecule has 2 atom stereocenters. The number of hydrogen-bond acceptors (Lipinski definition) is 2. The third kappa shape index (κ3) is 4.04. The predicted octanol–water partition coefficient (Wildman–Crippen LogP) is 3.36. The Kier molecular flexibility index (Phi) is 4.58. The van der Waals surface area contributed by atoms with Crippen molar-refractivity contribution in [3.05, 3.63) is 29.8 Å². The Labute approximate surface area is 105 Å². The van der Waals surface area contributed by atoms with Crippen LogP contribution in [0.15, 0.2) is 24.3 Å². The molecule has 0 saturated carbocycles. The van der Waals surface area contributed by atoms with Crippen LogP contribution in [0.3, 0.4) is 0 Å². The smallest absolute Gasteiger partial charge is 0.120 e. The average Bonchev–Trinajstić information content (AvgIpc) is 2.27. The second-order valence-corrected chi connectivity index (χ2v) is 5.68. The van der Waals surface area contributed by atoms with E-state index in [4.69, 9.17) is 4.74 Å². The van der Waals surface area contributed by atoms with Crippen molar-refractivity contribution in [2.75, 3.05) is 7.05 Å². The predicted molar refractivity (Wildman–Crippen MR) is 73.8 cm³/mol. The molecule has 2 unspecified atom stereocenters. The fourth-order valence-corrected chi connectivity index (χ4v) is 1.59. The Morgan fingerprint density at radius 1 is 1.18 bits per heavy atom. The van der Waals surface area contributed by atoms with Crippen molar-refractivity contribution in [3.63, 3.8) is 0 Å². The van der Waals surface area contributed by atoms with Crippen LogP contribution < -0.4 is 10.1 Å². The first-order valence-corrected chi connectivity index (χ1v) is 6.29. The molecule has 0 fully saturated rings. The third-order valence-electron chi connectivity index (χ3n) is 3.18. The molecule has 2 nitrogen and oxygen atoms in total. The summed E-state index contributed by atoms with van der Waals surface area (Å²) in [5, 5.41) is 3.20. The molecule has 0 amide bonds. The van der Waals surface area contributed by atoms with E-state index in [0.29, 0.717) is 6.04 Å². The molecular weight excluding hydrogens is 210 g/mol. The molecule has 0 heterocycles. The Morgan fingerprint density at radius 3 is 2.35 bits per heavy atom. The van der Waals surface area contributed by atoms with Gasteiger partial charge in [-0.2, -0.15) is 0 Å². The Hall–Kier alpha value is -1.02. The van der Waals surface area contributed by atoms with E-state index in [0.717, 1.165) is 5.75 Å². The van der Waals surface area contributed by atoms with Gasteiger partial charge < -0.3 is 10.1 Å². The maximum atomic E-state index is 5.94. The zero-order valence-corrected chi connectivity index (χ0v) is 11.9. The normalized spacial score (nSPS) is 15.4. The first-order valence-electron chi connectivity index (χ1n) is 6.29. The highest BCUT2D eigenvalue weighted by atomic mass is 16.5. The van der Waals surface area contributed by atoms with Gasteiger partial charge in [0.1, 0.15) is 11.9 Å². The minimum atomic E-state index is 0.162. The second-order valence-electron chi connectivity index (χ2n) is 5.68. The molecule has 2 heteroatoms. The van der Waals surface area contributed by atoms with E-state index in [1.807, 2.05) is 13.1 Å². The fourth-order valence-electron chi connectivity index (χ4n) is 1.59. The van der Waals surface area contributed by atoms with Gasteiger partial charge in [0.15, 0.2) is 0 Å². The van der Waals surface area contributed by atoms with Crippen LogP contribution >= 0.6 is 0 Å². The van der Waals surface area contributed by atoms with Gasteiger partial charge in [-0.15, -0.1) is 0 Å². The monoisotopic (exact) mass is 235 g/mol. The molecule has 0 saturated heterocycles. The topological polar surface area (TPSA) is 21.3 Å². The SMILES string of the molecule is CNC(C)C(C)Oc1cccc(C(C)(C)C)c1. The van der Waals surface area contributed by atoms with Crippen molar-refractivity contribution in [2.24, 2.45) is 0 Å². The van der Waals surface area contributed by atoms with Crippen LogP contribution in [-0.2, 0) is 5.41 Å². The molecule has 1 N–H and O–H groups in total. The summed E-state index contributed by atoms with van der Waals surface area (Å²) >= 11 is 0. The molecule has 0 aliphatic rings. The zero-order valence-electron chi connectivity index (χ0n) is 11.9. The number of hydrogen-bond donors (Lipinski definition) is 1. The van der Waals surface area contributed by atoms with Crippen LogP contribution in [0.1, 0.15) is 40.2 Å². The van der Waals surface area contributed by atoms with E-state index in [-0.39, 0.29) is 11.5 Å². The summed E-state index contributed by atoms with van der Waals surface area (Å²) in [6.07, 6.45) is 0.162. The number of nitrogens with one attached hydrogen (secondary N) is 1. The maximum Gasteiger partial charge on any atom is 0.120 e. The first-order chi connectivity index (χ1) is 7.84. The van der Waals surface area contributed by atoms with Crippen molar-refractivity contribution in [2.45, 2.75) is 52.2 Å². The molecule has 1 aromatic rings. The molecule has 0 bridgehead atoms. The summed E-state index contributed by atoms with van der Waals surface area (Å²) in [5.74, 6) is 0.951. The zero-order chi connectivity index (χ0) is 13.1. The lowest BCUT2D eigenvalue weighted by Gasteiger charge is -2.23. The highest BCUT2D eigenvalue weighted by Gasteiger charge is 2.16. The molecule has 1 aromatic carbocycles. The summed E-state index contributed by atoms with van der Waals surface area (Å²) in [4.78, 5) is 0. The number of likely N-dealkylation sites (N-methyl/N-ethyl adjacent to an activating group) is 1. The summed E-state index contributed by atoms with van der Waals surface area (Å²) in [6, 6.07) is 8.71. The highest BCUT2D eigenvalue weighted by Crippen LogP contribution is 2.26. The molecule has 96 valence electrons. The molecule has 0 aromatic heterocycles. The van der Waals surface area contributed by atoms with E-state index in [2.05, 4.69) is 58.1 Å². The lowest BCUT2D eigenvalue weighted by atomic mass is 9.87. The standard InChI is InChI=1S/C15H25NO/c1-11(16-6)12(2)17-14-9-7-8-13(10-14)15(3,4)5/h7-12,16H,1-6H3. The van der Waals surface area contributed by atoms with Crippen molar-refractivity contribution >= 4 is 0 Å². The van der Waals surface area contributed by atoms with Crippen molar-refractivity contribution in [1.82, 2.24) is 5.32 Å². The van der Waals surface area contributed by atoms with E-state index in [1.54, 1.807) is 0 Å². The minimum Gasteiger partial charge on any atom is -0.489 e. The Bertz CT molecular complexity index is 354. The van der Waals surface area contributed by atoms with Gasteiger partial charge in [0.2, 0.25) is 0 Å². The fraction of sp³-hybridized carbons (Fsp3) is 0.600. The van der Waals surface area contributed by atoms with Gasteiger partial charge in [0.05, 0.1) is 0 Å². The Morgan fingerprint density at radius 2 is 1.82 bits per heavy atom. The molecule has 1 rings (SSSR count). The summed E-state index contributed by atoms with van der Waals surface area (Å²) < 4.78 is 5.94. The number of benzene rings is 1. The van der Waals surface area contributed by atoms with Gasteiger partial charge in [-0.25, -0.2) is 0 Å². The van der Waals surface area contributed by atoms with Gasteiger partial charge in [0, 0.05) is 6.04 Å². The molecular formula is C15H25NO. The molecule has 0 aliphatic carbocycles. The van der Waals surface area contributed by atoms with Crippen LogP contribution in [-0.4, -0.2) is 19.2 Å². The quantitative estimate of drug-likeness (QED) is 0.864. The van der Waals surface area contributed by atoms with Gasteiger partial charge >= 0.3 is 0 Å². The number of ether oxygens (including phenoxy) is 1. The molecule has 0 aliphatic heterocycles. The largest absolute Gasteiger partial charge is 0.489 e. The number of rotatable bonds is 4. The van der Waals surface area contributed by atoms with Gasteiger partial charge in [0.25, 0.3) is 0 Å². The van der Waals surface area contributed by atoms with Gasteiger partial charge in [-0.3, -0.25) is 0 Å². The summed E-state index contributed by atoms with van der Waals surface area (Å²) in [6.45, 7) is 10.9. The van der Waals surface area contributed by atoms with E-state index >= 15 is 0 Å². The highest BCUT2D eigenvalue weighted by molar-refractivity contribution is 5.32. The van der Waals surface area contributed by atoms with Gasteiger partial charge in [-0.05, 0) is 44.0 Å². The molecule has 0 spiro atoms. The van der Waals surface area contributed by atoms with E-state index < -0.39 is 0 Å². The average molecular weight is 235 g/mol. The van der Waals surface area contributed by atoms with Crippen LogP contribution in [0.4, 0.5) is 0 Å². The van der Waals surface area contributed by atoms with Crippen LogP contribution in [0.2, 0.25) is 0 Å². The molecule has 0 radical (unpaired) electrons. The summed E-state index contributed by atoms with van der Waals surface area (Å²) in [5.41, 5.74) is 1.47. The Balaban J connectivity index is 2.79. The first kappa shape index (κ1) is 14.0. The van der Waals surface area contributed by atoms with E-state index in [1.165, 1.54) is 5.56 Å². The van der Waals surface area contributed by atoms with Crippen molar-refractivity contribution in [3.8, 4) is 5.75 Å². The van der Waals surface area contributed by atoms with Crippen molar-refractivity contribution in [1.29, 1.82) is 0 Å². The summed E-state index contributed by atoms with van der Waals surface area (Å²) in [7, 11) is 1.95. The van der Waals surface area contributed by atoms with Crippen LogP contribution in [0, 0.1) is 0 Å². The van der Waals surface area contributed by atoms with Crippen LogP contribution in [0.25, 0.3) is 0 Å².